The molecule has 0 spiro atoms. The van der Waals surface area contributed by atoms with Gasteiger partial charge in [-0.1, -0.05) is 23.4 Å². The highest BCUT2D eigenvalue weighted by Crippen LogP contribution is 2.47. The van der Waals surface area contributed by atoms with Crippen molar-refractivity contribution in [3.63, 3.8) is 0 Å². The van der Waals surface area contributed by atoms with Gasteiger partial charge in [-0.15, -0.1) is 0 Å². The monoisotopic (exact) mass is 186 g/mol. The van der Waals surface area contributed by atoms with Crippen molar-refractivity contribution in [2.75, 3.05) is 11.4 Å². The molecule has 70 valence electrons. The zero-order chi connectivity index (χ0) is 9.12. The molecular formula is C11H10N2O. The van der Waals surface area contributed by atoms with Gasteiger partial charge in [0.2, 0.25) is 0 Å². The van der Waals surface area contributed by atoms with Crippen molar-refractivity contribution in [1.82, 2.24) is 0 Å². The predicted molar refractivity (Wildman–Crippen MR) is 53.5 cm³/mol. The Kier molecular flexibility index (Phi) is 1.03. The van der Waals surface area contributed by atoms with E-state index in [9.17, 15) is 0 Å². The van der Waals surface area contributed by atoms with E-state index in [1.165, 1.54) is 17.0 Å². The van der Waals surface area contributed by atoms with E-state index in [-0.39, 0.29) is 6.10 Å². The van der Waals surface area contributed by atoms with Gasteiger partial charge in [-0.2, -0.15) is 0 Å². The first-order chi connectivity index (χ1) is 6.95. The molecule has 0 amide bonds. The van der Waals surface area contributed by atoms with Crippen molar-refractivity contribution >= 4 is 11.4 Å². The second-order valence-corrected chi connectivity index (χ2v) is 4.06. The van der Waals surface area contributed by atoms with Crippen LogP contribution in [0.25, 0.3) is 0 Å². The summed E-state index contributed by atoms with van der Waals surface area (Å²) in [6.45, 7) is 1.10. The number of para-hydroxylation sites is 1. The van der Waals surface area contributed by atoms with E-state index < -0.39 is 0 Å². The van der Waals surface area contributed by atoms with Crippen LogP contribution in [0, 0.1) is 0 Å². The summed E-state index contributed by atoms with van der Waals surface area (Å²) in [4.78, 5) is 7.91. The van der Waals surface area contributed by atoms with Gasteiger partial charge >= 0.3 is 0 Å². The number of hydrogen-bond acceptors (Lipinski definition) is 3. The Morgan fingerprint density at radius 1 is 1.36 bits per heavy atom. The Morgan fingerprint density at radius 2 is 2.29 bits per heavy atom. The third-order valence-corrected chi connectivity index (χ3v) is 3.41. The first kappa shape index (κ1) is 6.87. The van der Waals surface area contributed by atoms with E-state index in [1.807, 2.05) is 0 Å². The first-order valence-electron chi connectivity index (χ1n) is 5.03. The van der Waals surface area contributed by atoms with Gasteiger partial charge in [0.1, 0.15) is 6.04 Å². The van der Waals surface area contributed by atoms with E-state index >= 15 is 0 Å². The van der Waals surface area contributed by atoms with E-state index in [0.717, 1.165) is 13.0 Å². The summed E-state index contributed by atoms with van der Waals surface area (Å²) in [5, 5.41) is 4.15. The summed E-state index contributed by atoms with van der Waals surface area (Å²) in [7, 11) is 0. The van der Waals surface area contributed by atoms with Gasteiger partial charge in [0, 0.05) is 24.2 Å². The number of anilines is 1. The van der Waals surface area contributed by atoms with Crippen molar-refractivity contribution in [3.05, 3.63) is 29.8 Å². The molecule has 14 heavy (non-hydrogen) atoms. The predicted octanol–water partition coefficient (Wildman–Crippen LogP) is 1.71. The molecule has 0 saturated carbocycles. The molecule has 1 saturated heterocycles. The van der Waals surface area contributed by atoms with Crippen LogP contribution in [0.5, 0.6) is 0 Å². The van der Waals surface area contributed by atoms with Crippen molar-refractivity contribution < 1.29 is 4.84 Å². The van der Waals surface area contributed by atoms with Gasteiger partial charge in [0.15, 0.2) is 6.10 Å². The maximum absolute atomic E-state index is 5.48. The molecule has 1 fully saturated rings. The van der Waals surface area contributed by atoms with Crippen LogP contribution < -0.4 is 4.90 Å². The summed E-state index contributed by atoms with van der Waals surface area (Å²) in [6, 6.07) is 8.90. The van der Waals surface area contributed by atoms with Gasteiger partial charge in [0.25, 0.3) is 0 Å². The average Bonchev–Trinajstić information content (AvgIpc) is 2.86. The van der Waals surface area contributed by atoms with E-state index in [0.29, 0.717) is 6.04 Å². The molecule has 3 heteroatoms. The lowest BCUT2D eigenvalue weighted by atomic mass is 10.0. The fourth-order valence-corrected chi connectivity index (χ4v) is 2.81. The lowest BCUT2D eigenvalue weighted by molar-refractivity contribution is 0.0823. The Morgan fingerprint density at radius 3 is 3.29 bits per heavy atom. The normalized spacial score (nSPS) is 31.1. The maximum Gasteiger partial charge on any atom is 0.180 e. The quantitative estimate of drug-likeness (QED) is 0.616. The van der Waals surface area contributed by atoms with Crippen LogP contribution in [-0.2, 0) is 4.84 Å². The summed E-state index contributed by atoms with van der Waals surface area (Å²) in [5.41, 5.74) is 3.87. The Hall–Kier alpha value is -1.51. The standard InChI is InChI=1S/C11H10N2O/c1-2-4-9-7(3-1)11-10-8(12-14-11)5-6-13(9)10/h1-4,10-11H,5-6H2. The van der Waals surface area contributed by atoms with E-state index in [4.69, 9.17) is 4.84 Å². The van der Waals surface area contributed by atoms with Crippen LogP contribution >= 0.6 is 0 Å². The van der Waals surface area contributed by atoms with Crippen molar-refractivity contribution in [2.45, 2.75) is 18.6 Å². The molecule has 3 heterocycles. The Balaban J connectivity index is 1.97. The molecule has 3 aliphatic rings. The molecule has 3 aliphatic heterocycles. The van der Waals surface area contributed by atoms with Crippen molar-refractivity contribution in [1.29, 1.82) is 0 Å². The second kappa shape index (κ2) is 2.11. The van der Waals surface area contributed by atoms with Crippen LogP contribution in [0.15, 0.2) is 29.4 Å². The third-order valence-electron chi connectivity index (χ3n) is 3.41. The zero-order valence-corrected chi connectivity index (χ0v) is 7.68. The fraction of sp³-hybridized carbons (Fsp3) is 0.364. The topological polar surface area (TPSA) is 24.8 Å². The number of benzene rings is 1. The SMILES string of the molecule is c1ccc2c(c1)C1ON=C3CCN2C31. The highest BCUT2D eigenvalue weighted by Gasteiger charge is 2.50. The van der Waals surface area contributed by atoms with Crippen molar-refractivity contribution in [3.8, 4) is 0 Å². The lowest BCUT2D eigenvalue weighted by Crippen LogP contribution is -2.29. The molecule has 0 N–H and O–H groups in total. The zero-order valence-electron chi connectivity index (χ0n) is 7.68. The average molecular weight is 186 g/mol. The first-order valence-corrected chi connectivity index (χ1v) is 5.03. The van der Waals surface area contributed by atoms with Gasteiger partial charge in [-0.05, 0) is 6.07 Å². The van der Waals surface area contributed by atoms with Crippen LogP contribution in [0.1, 0.15) is 18.1 Å². The highest BCUT2D eigenvalue weighted by molar-refractivity contribution is 5.99. The Bertz CT molecular complexity index is 441. The molecule has 0 bridgehead atoms. The molecule has 1 aromatic carbocycles. The van der Waals surface area contributed by atoms with Gasteiger partial charge < -0.3 is 9.74 Å². The molecule has 0 aliphatic carbocycles. The van der Waals surface area contributed by atoms with E-state index in [1.54, 1.807) is 0 Å². The van der Waals surface area contributed by atoms with E-state index in [2.05, 4.69) is 34.3 Å². The minimum absolute atomic E-state index is 0.170. The smallest absolute Gasteiger partial charge is 0.180 e. The maximum atomic E-state index is 5.48. The highest BCUT2D eigenvalue weighted by atomic mass is 16.6. The number of hydrogen-bond donors (Lipinski definition) is 0. The lowest BCUT2D eigenvalue weighted by Gasteiger charge is -2.16. The van der Waals surface area contributed by atoms with Gasteiger partial charge in [-0.3, -0.25) is 0 Å². The van der Waals surface area contributed by atoms with Crippen molar-refractivity contribution in [2.24, 2.45) is 5.16 Å². The van der Waals surface area contributed by atoms with Crippen LogP contribution in [0.2, 0.25) is 0 Å². The number of fused-ring (bicyclic) bond motifs is 3. The van der Waals surface area contributed by atoms with Crippen LogP contribution in [0.4, 0.5) is 5.69 Å². The molecule has 1 aromatic rings. The number of nitrogens with zero attached hydrogens (tertiary/aromatic N) is 2. The molecule has 4 rings (SSSR count). The molecule has 0 aromatic heterocycles. The van der Waals surface area contributed by atoms with Crippen LogP contribution in [0.3, 0.4) is 0 Å². The number of oxime groups is 1. The molecule has 2 atom stereocenters. The second-order valence-electron chi connectivity index (χ2n) is 4.06. The Labute approximate surface area is 82.0 Å². The molecule has 0 radical (unpaired) electrons. The largest absolute Gasteiger partial charge is 0.385 e. The molecule has 3 nitrogen and oxygen atoms in total. The summed E-state index contributed by atoms with van der Waals surface area (Å²) in [6.07, 6.45) is 1.24. The van der Waals surface area contributed by atoms with Gasteiger partial charge in [-0.25, -0.2) is 0 Å². The number of rotatable bonds is 0. The van der Waals surface area contributed by atoms with Gasteiger partial charge in [0.05, 0.1) is 5.71 Å². The summed E-state index contributed by atoms with van der Waals surface area (Å²) >= 11 is 0. The minimum atomic E-state index is 0.170. The minimum Gasteiger partial charge on any atom is -0.385 e. The van der Waals surface area contributed by atoms with Crippen LogP contribution in [-0.4, -0.2) is 18.3 Å². The third kappa shape index (κ3) is 0.606. The molecular weight excluding hydrogens is 176 g/mol. The summed E-state index contributed by atoms with van der Waals surface area (Å²) in [5.74, 6) is 0. The fourth-order valence-electron chi connectivity index (χ4n) is 2.81. The summed E-state index contributed by atoms with van der Waals surface area (Å²) < 4.78 is 0. The molecule has 2 unspecified atom stereocenters.